The Morgan fingerprint density at radius 1 is 0.889 bits per heavy atom. The highest BCUT2D eigenvalue weighted by atomic mass is 32.1. The maximum absolute atomic E-state index is 6.34. The molecule has 0 bridgehead atoms. The lowest BCUT2D eigenvalue weighted by Gasteiger charge is -2.32. The standard InChI is InChI=1S/C22H29BO2S2/c1-7-9-14-15(10-8-2)20-17(16-11-12-26-19(14)16)13-18(27-20)23-24-21(3,4)22(5,6)25-23/h11-13H,7-10H2,1-6H3. The largest absolute Gasteiger partial charge is 0.505 e. The summed E-state index contributed by atoms with van der Waals surface area (Å²) in [5, 5.41) is 5.02. The van der Waals surface area contributed by atoms with Crippen molar-refractivity contribution in [3.63, 3.8) is 0 Å². The van der Waals surface area contributed by atoms with Gasteiger partial charge in [-0.2, -0.15) is 0 Å². The zero-order valence-corrected chi connectivity index (χ0v) is 18.9. The van der Waals surface area contributed by atoms with Crippen molar-refractivity contribution in [2.45, 2.75) is 78.4 Å². The number of hydrogen-bond acceptors (Lipinski definition) is 4. The summed E-state index contributed by atoms with van der Waals surface area (Å²) in [6, 6.07) is 4.62. The molecule has 5 heteroatoms. The van der Waals surface area contributed by atoms with E-state index in [-0.39, 0.29) is 18.3 Å². The van der Waals surface area contributed by atoms with Crippen LogP contribution in [0.1, 0.15) is 65.5 Å². The van der Waals surface area contributed by atoms with E-state index in [1.54, 1.807) is 11.1 Å². The van der Waals surface area contributed by atoms with Gasteiger partial charge in [0, 0.05) is 24.9 Å². The van der Waals surface area contributed by atoms with Gasteiger partial charge < -0.3 is 9.31 Å². The van der Waals surface area contributed by atoms with Crippen LogP contribution in [0.2, 0.25) is 0 Å². The summed E-state index contributed by atoms with van der Waals surface area (Å²) in [5.41, 5.74) is 2.52. The maximum Gasteiger partial charge on any atom is 0.505 e. The third kappa shape index (κ3) is 3.07. The van der Waals surface area contributed by atoms with Gasteiger partial charge in [-0.3, -0.25) is 0 Å². The van der Waals surface area contributed by atoms with Gasteiger partial charge in [0.25, 0.3) is 0 Å². The Bertz CT molecular complexity index is 967. The SMILES string of the molecule is CCCc1c(CCC)c2sc(B3OC(C)(C)C(C)(C)O3)cc2c2ccsc12. The Labute approximate surface area is 171 Å². The van der Waals surface area contributed by atoms with Gasteiger partial charge in [0.1, 0.15) is 0 Å². The molecule has 144 valence electrons. The van der Waals surface area contributed by atoms with Gasteiger partial charge in [0.2, 0.25) is 0 Å². The fraction of sp³-hybridized carbons (Fsp3) is 0.545. The molecule has 0 unspecified atom stereocenters. The molecule has 3 aromatic rings. The Morgan fingerprint density at radius 3 is 2.07 bits per heavy atom. The molecule has 1 aliphatic rings. The van der Waals surface area contributed by atoms with Gasteiger partial charge in [0.05, 0.1) is 11.2 Å². The van der Waals surface area contributed by atoms with E-state index in [0.29, 0.717) is 0 Å². The molecule has 1 aliphatic heterocycles. The minimum atomic E-state index is -0.300. The number of aryl methyl sites for hydroxylation is 2. The topological polar surface area (TPSA) is 18.5 Å². The van der Waals surface area contributed by atoms with Crippen molar-refractivity contribution in [2.24, 2.45) is 0 Å². The molecular formula is C22H29BO2S2. The van der Waals surface area contributed by atoms with E-state index in [0.717, 1.165) is 12.8 Å². The third-order valence-electron chi connectivity index (χ3n) is 6.10. The summed E-state index contributed by atoms with van der Waals surface area (Å²) >= 11 is 3.77. The summed E-state index contributed by atoms with van der Waals surface area (Å²) in [6.07, 6.45) is 4.66. The van der Waals surface area contributed by atoms with Crippen molar-refractivity contribution in [3.05, 3.63) is 28.6 Å². The number of thiophene rings is 2. The van der Waals surface area contributed by atoms with Crippen LogP contribution >= 0.6 is 22.7 Å². The van der Waals surface area contributed by atoms with Crippen molar-refractivity contribution in [1.29, 1.82) is 0 Å². The fourth-order valence-electron chi connectivity index (χ4n) is 3.97. The molecule has 3 heterocycles. The first-order valence-corrected chi connectivity index (χ1v) is 11.8. The molecule has 0 aliphatic carbocycles. The lowest BCUT2D eigenvalue weighted by atomic mass is 9.87. The predicted octanol–water partition coefficient (Wildman–Crippen LogP) is 6.32. The molecule has 1 fully saturated rings. The molecule has 4 rings (SSSR count). The highest BCUT2D eigenvalue weighted by Crippen LogP contribution is 2.41. The van der Waals surface area contributed by atoms with E-state index in [2.05, 4.69) is 59.1 Å². The van der Waals surface area contributed by atoms with Crippen LogP contribution in [0.15, 0.2) is 17.5 Å². The van der Waals surface area contributed by atoms with E-state index in [1.807, 2.05) is 22.7 Å². The lowest BCUT2D eigenvalue weighted by molar-refractivity contribution is 0.00578. The Morgan fingerprint density at radius 2 is 1.48 bits per heavy atom. The minimum absolute atomic E-state index is 0.273. The molecule has 0 atom stereocenters. The fourth-order valence-corrected chi connectivity index (χ4v) is 6.21. The smallest absolute Gasteiger partial charge is 0.399 e. The second-order valence-electron chi connectivity index (χ2n) is 8.60. The summed E-state index contributed by atoms with van der Waals surface area (Å²) in [5.74, 6) is 0. The van der Waals surface area contributed by atoms with E-state index >= 15 is 0 Å². The van der Waals surface area contributed by atoms with Crippen LogP contribution in [0.3, 0.4) is 0 Å². The van der Waals surface area contributed by atoms with Crippen molar-refractivity contribution in [2.75, 3.05) is 0 Å². The molecule has 0 N–H and O–H groups in total. The first-order chi connectivity index (χ1) is 12.8. The van der Waals surface area contributed by atoms with E-state index in [4.69, 9.17) is 9.31 Å². The van der Waals surface area contributed by atoms with Gasteiger partial charge in [-0.05, 0) is 69.2 Å². The average Bonchev–Trinajstić information content (AvgIpc) is 3.27. The van der Waals surface area contributed by atoms with Crippen molar-refractivity contribution in [3.8, 4) is 0 Å². The van der Waals surface area contributed by atoms with Gasteiger partial charge in [-0.25, -0.2) is 0 Å². The van der Waals surface area contributed by atoms with Crippen LogP contribution in [0, 0.1) is 0 Å². The maximum atomic E-state index is 6.34. The zero-order valence-electron chi connectivity index (χ0n) is 17.3. The zero-order chi connectivity index (χ0) is 19.4. The van der Waals surface area contributed by atoms with Gasteiger partial charge in [-0.15, -0.1) is 22.7 Å². The molecule has 0 amide bonds. The highest BCUT2D eigenvalue weighted by Gasteiger charge is 2.52. The minimum Gasteiger partial charge on any atom is -0.399 e. The molecule has 0 spiro atoms. The summed E-state index contributed by atoms with van der Waals surface area (Å²) < 4.78 is 16.8. The first-order valence-electron chi connectivity index (χ1n) is 10.1. The molecule has 0 saturated carbocycles. The van der Waals surface area contributed by atoms with Crippen molar-refractivity contribution < 1.29 is 9.31 Å². The Kier molecular flexibility index (Phi) is 4.95. The van der Waals surface area contributed by atoms with E-state index in [9.17, 15) is 0 Å². The Hall–Kier alpha value is -0.875. The number of benzene rings is 1. The predicted molar refractivity (Wildman–Crippen MR) is 121 cm³/mol. The first kappa shape index (κ1) is 19.4. The number of fused-ring (bicyclic) bond motifs is 3. The number of hydrogen-bond donors (Lipinski definition) is 0. The molecule has 2 aromatic heterocycles. The normalized spacial score (nSPS) is 18.8. The van der Waals surface area contributed by atoms with Gasteiger partial charge in [-0.1, -0.05) is 26.7 Å². The molecule has 27 heavy (non-hydrogen) atoms. The van der Waals surface area contributed by atoms with Crippen molar-refractivity contribution in [1.82, 2.24) is 0 Å². The summed E-state index contributed by atoms with van der Waals surface area (Å²) in [7, 11) is -0.273. The molecule has 1 saturated heterocycles. The van der Waals surface area contributed by atoms with Crippen LogP contribution in [-0.4, -0.2) is 18.3 Å². The highest BCUT2D eigenvalue weighted by molar-refractivity contribution is 7.28. The second kappa shape index (κ2) is 6.87. The molecule has 0 radical (unpaired) electrons. The summed E-state index contributed by atoms with van der Waals surface area (Å²) in [6.45, 7) is 13.1. The molecule has 1 aromatic carbocycles. The lowest BCUT2D eigenvalue weighted by Crippen LogP contribution is -2.41. The van der Waals surface area contributed by atoms with Crippen LogP contribution < -0.4 is 4.78 Å². The number of rotatable bonds is 5. The second-order valence-corrected chi connectivity index (χ2v) is 10.6. The third-order valence-corrected chi connectivity index (χ3v) is 8.30. The monoisotopic (exact) mass is 400 g/mol. The average molecular weight is 400 g/mol. The van der Waals surface area contributed by atoms with Crippen molar-refractivity contribution >= 4 is 54.7 Å². The Balaban J connectivity index is 1.90. The summed E-state index contributed by atoms with van der Waals surface area (Å²) in [4.78, 5) is 0. The van der Waals surface area contributed by atoms with Gasteiger partial charge in [0.15, 0.2) is 0 Å². The van der Waals surface area contributed by atoms with Crippen LogP contribution in [0.5, 0.6) is 0 Å². The van der Waals surface area contributed by atoms with Crippen LogP contribution in [0.25, 0.3) is 20.2 Å². The van der Waals surface area contributed by atoms with Gasteiger partial charge >= 0.3 is 7.12 Å². The quantitative estimate of drug-likeness (QED) is 0.467. The van der Waals surface area contributed by atoms with Crippen LogP contribution in [-0.2, 0) is 22.2 Å². The van der Waals surface area contributed by atoms with E-state index in [1.165, 1.54) is 37.8 Å². The van der Waals surface area contributed by atoms with Crippen LogP contribution in [0.4, 0.5) is 0 Å². The molecule has 2 nitrogen and oxygen atoms in total. The van der Waals surface area contributed by atoms with E-state index < -0.39 is 0 Å². The molecular weight excluding hydrogens is 371 g/mol.